The molecular weight excluding hydrogens is 248 g/mol. The van der Waals surface area contributed by atoms with Gasteiger partial charge >= 0.3 is 5.97 Å². The number of anilines is 1. The Morgan fingerprint density at radius 1 is 1.50 bits per heavy atom. The number of nitrogens with two attached hydrogens (primary N) is 1. The molecular formula is C13H13N2O2S. The van der Waals surface area contributed by atoms with Gasteiger partial charge in [-0.15, -0.1) is 0 Å². The molecule has 1 atom stereocenters. The van der Waals surface area contributed by atoms with Gasteiger partial charge in [0.05, 0.1) is 12.1 Å². The van der Waals surface area contributed by atoms with E-state index in [-0.39, 0.29) is 11.9 Å². The summed E-state index contributed by atoms with van der Waals surface area (Å²) in [6, 6.07) is 7.48. The lowest BCUT2D eigenvalue weighted by Gasteiger charge is -2.10. The summed E-state index contributed by atoms with van der Waals surface area (Å²) in [5.41, 5.74) is 10.0. The number of rotatable bonds is 4. The maximum Gasteiger partial charge on any atom is 0.315 e. The first-order chi connectivity index (χ1) is 8.65. The fraction of sp³-hybridized carbons (Fsp3) is 0.231. The van der Waals surface area contributed by atoms with Crippen LogP contribution in [0.3, 0.4) is 0 Å². The van der Waals surface area contributed by atoms with E-state index in [1.807, 2.05) is 31.2 Å². The van der Waals surface area contributed by atoms with Crippen LogP contribution >= 0.6 is 11.3 Å². The summed E-state index contributed by atoms with van der Waals surface area (Å²) < 4.78 is 5.17. The second-order valence-electron chi connectivity index (χ2n) is 4.04. The molecule has 0 fully saturated rings. The molecule has 4 nitrogen and oxygen atoms in total. The molecule has 0 aliphatic heterocycles. The summed E-state index contributed by atoms with van der Waals surface area (Å²) in [6.07, 6.45) is 2.11. The largest absolute Gasteiger partial charge is 0.413 e. The van der Waals surface area contributed by atoms with Crippen LogP contribution in [0.2, 0.25) is 0 Å². The molecule has 0 spiro atoms. The Morgan fingerprint density at radius 2 is 2.22 bits per heavy atom. The Bertz CT molecular complexity index is 508. The van der Waals surface area contributed by atoms with Crippen LogP contribution < -0.4 is 10.5 Å². The van der Waals surface area contributed by atoms with Crippen molar-refractivity contribution in [3.05, 3.63) is 41.5 Å². The van der Waals surface area contributed by atoms with E-state index in [2.05, 4.69) is 10.5 Å². The van der Waals surface area contributed by atoms with E-state index in [1.54, 1.807) is 0 Å². The molecule has 0 bridgehead atoms. The zero-order chi connectivity index (χ0) is 13.0. The standard InChI is InChI=1S/C13H13N2O2S/c1-9(6-10-2-4-11(14)5-3-10)13(16)17-12-7-15-8-18-12/h2-5,7,9H,6,14H2,1H3. The molecule has 1 aromatic carbocycles. The van der Waals surface area contributed by atoms with Crippen LogP contribution in [0.1, 0.15) is 12.5 Å². The Kier molecular flexibility index (Phi) is 3.94. The predicted octanol–water partition coefficient (Wildman–Crippen LogP) is 2.31. The van der Waals surface area contributed by atoms with E-state index in [0.717, 1.165) is 5.56 Å². The van der Waals surface area contributed by atoms with Crippen molar-refractivity contribution in [2.45, 2.75) is 13.3 Å². The summed E-state index contributed by atoms with van der Waals surface area (Å²) in [5.74, 6) is -0.472. The summed E-state index contributed by atoms with van der Waals surface area (Å²) in [7, 11) is 0. The number of ether oxygens (including phenoxy) is 1. The van der Waals surface area contributed by atoms with Crippen LogP contribution in [0, 0.1) is 11.4 Å². The van der Waals surface area contributed by atoms with Crippen molar-refractivity contribution in [3.8, 4) is 5.06 Å². The van der Waals surface area contributed by atoms with Crippen LogP contribution in [0.25, 0.3) is 0 Å². The zero-order valence-corrected chi connectivity index (χ0v) is 10.7. The fourth-order valence-corrected chi connectivity index (χ4v) is 1.94. The van der Waals surface area contributed by atoms with E-state index in [9.17, 15) is 4.79 Å². The van der Waals surface area contributed by atoms with E-state index in [0.29, 0.717) is 17.2 Å². The van der Waals surface area contributed by atoms with Crippen LogP contribution in [-0.2, 0) is 11.2 Å². The molecule has 1 unspecified atom stereocenters. The molecule has 0 amide bonds. The minimum absolute atomic E-state index is 0.212. The maximum absolute atomic E-state index is 11.8. The first-order valence-corrected chi connectivity index (χ1v) is 6.35. The average molecular weight is 261 g/mol. The number of thiazole rings is 1. The number of carbonyl (C=O) groups excluding carboxylic acids is 1. The molecule has 0 aliphatic carbocycles. The number of hydrogen-bond donors (Lipinski definition) is 1. The lowest BCUT2D eigenvalue weighted by atomic mass is 10.0. The van der Waals surface area contributed by atoms with Crippen molar-refractivity contribution in [3.63, 3.8) is 0 Å². The third-order valence-corrected chi connectivity index (χ3v) is 3.08. The predicted molar refractivity (Wildman–Crippen MR) is 70.3 cm³/mol. The number of aromatic nitrogens is 1. The number of carbonyl (C=O) groups is 1. The highest BCUT2D eigenvalue weighted by Crippen LogP contribution is 2.18. The molecule has 0 aliphatic rings. The third-order valence-electron chi connectivity index (χ3n) is 2.49. The van der Waals surface area contributed by atoms with Gasteiger partial charge in [0.1, 0.15) is 0 Å². The Hall–Kier alpha value is -1.88. The van der Waals surface area contributed by atoms with Gasteiger partial charge in [-0.3, -0.25) is 4.79 Å². The van der Waals surface area contributed by atoms with Crippen molar-refractivity contribution in [2.24, 2.45) is 5.92 Å². The topological polar surface area (TPSA) is 65.2 Å². The number of nitrogens with zero attached hydrogens (tertiary/aromatic N) is 1. The zero-order valence-electron chi connectivity index (χ0n) is 9.92. The SMILES string of the molecule is CC(Cc1ccc(N)cc1)C(=O)Oc1cn[c]s1. The van der Waals surface area contributed by atoms with Gasteiger partial charge in [0.2, 0.25) is 5.06 Å². The maximum atomic E-state index is 11.8. The summed E-state index contributed by atoms with van der Waals surface area (Å²) in [5, 5.41) is 0.476. The van der Waals surface area contributed by atoms with Gasteiger partial charge < -0.3 is 10.5 Å². The van der Waals surface area contributed by atoms with Crippen molar-refractivity contribution >= 4 is 23.0 Å². The number of hydrogen-bond acceptors (Lipinski definition) is 5. The van der Waals surface area contributed by atoms with Gasteiger partial charge in [-0.2, -0.15) is 0 Å². The first-order valence-electron chi connectivity index (χ1n) is 5.53. The molecule has 1 heterocycles. The van der Waals surface area contributed by atoms with Gasteiger partial charge in [-0.05, 0) is 24.1 Å². The van der Waals surface area contributed by atoms with Crippen molar-refractivity contribution in [2.75, 3.05) is 5.73 Å². The summed E-state index contributed by atoms with van der Waals surface area (Å²) in [6.45, 7) is 1.84. The molecule has 5 heteroatoms. The fourth-order valence-electron chi connectivity index (χ4n) is 1.51. The minimum atomic E-state index is -0.260. The van der Waals surface area contributed by atoms with Crippen LogP contribution in [0.4, 0.5) is 5.69 Å². The van der Waals surface area contributed by atoms with Gasteiger partial charge in [-0.25, -0.2) is 4.98 Å². The monoisotopic (exact) mass is 261 g/mol. The van der Waals surface area contributed by atoms with Crippen LogP contribution in [0.5, 0.6) is 5.06 Å². The van der Waals surface area contributed by atoms with Crippen LogP contribution in [-0.4, -0.2) is 11.0 Å². The van der Waals surface area contributed by atoms with E-state index in [4.69, 9.17) is 10.5 Å². The minimum Gasteiger partial charge on any atom is -0.413 e. The van der Waals surface area contributed by atoms with E-state index < -0.39 is 0 Å². The Labute approximate surface area is 109 Å². The molecule has 1 radical (unpaired) electrons. The van der Waals surface area contributed by atoms with Gasteiger partial charge in [0.15, 0.2) is 5.51 Å². The highest BCUT2D eigenvalue weighted by molar-refractivity contribution is 7.11. The lowest BCUT2D eigenvalue weighted by molar-refractivity contribution is -0.138. The number of esters is 1. The third kappa shape index (κ3) is 3.30. The van der Waals surface area contributed by atoms with Gasteiger partial charge in [0.25, 0.3) is 0 Å². The lowest BCUT2D eigenvalue weighted by Crippen LogP contribution is -2.19. The summed E-state index contributed by atoms with van der Waals surface area (Å²) in [4.78, 5) is 15.5. The van der Waals surface area contributed by atoms with E-state index in [1.165, 1.54) is 17.5 Å². The molecule has 2 N–H and O–H groups in total. The Balaban J connectivity index is 1.93. The molecule has 2 aromatic rings. The van der Waals surface area contributed by atoms with Crippen molar-refractivity contribution in [1.29, 1.82) is 0 Å². The molecule has 2 rings (SSSR count). The first kappa shape index (κ1) is 12.6. The van der Waals surface area contributed by atoms with E-state index >= 15 is 0 Å². The number of benzene rings is 1. The molecule has 93 valence electrons. The second kappa shape index (κ2) is 5.64. The number of nitrogen functional groups attached to an aromatic ring is 1. The Morgan fingerprint density at radius 3 is 2.83 bits per heavy atom. The smallest absolute Gasteiger partial charge is 0.315 e. The van der Waals surface area contributed by atoms with Gasteiger partial charge in [0, 0.05) is 5.69 Å². The highest BCUT2D eigenvalue weighted by atomic mass is 32.1. The van der Waals surface area contributed by atoms with Crippen LogP contribution in [0.15, 0.2) is 30.5 Å². The average Bonchev–Trinajstić information content (AvgIpc) is 2.85. The highest BCUT2D eigenvalue weighted by Gasteiger charge is 2.16. The second-order valence-corrected chi connectivity index (χ2v) is 4.83. The van der Waals surface area contributed by atoms with Gasteiger partial charge in [-0.1, -0.05) is 30.4 Å². The summed E-state index contributed by atoms with van der Waals surface area (Å²) >= 11 is 1.18. The molecule has 0 saturated heterocycles. The quantitative estimate of drug-likeness (QED) is 0.677. The normalized spacial score (nSPS) is 12.1. The van der Waals surface area contributed by atoms with Crippen molar-refractivity contribution < 1.29 is 9.53 Å². The van der Waals surface area contributed by atoms with Crippen molar-refractivity contribution in [1.82, 2.24) is 4.98 Å². The molecule has 1 aromatic heterocycles. The molecule has 18 heavy (non-hydrogen) atoms. The molecule has 0 saturated carbocycles.